The largest absolute Gasteiger partial charge is 0.480 e. The maximum atomic E-state index is 12.0. The smallest absolute Gasteiger partial charge is 0.326 e. The molecule has 0 radical (unpaired) electrons. The van der Waals surface area contributed by atoms with Gasteiger partial charge in [-0.05, 0) is 23.3 Å². The highest BCUT2D eigenvalue weighted by Gasteiger charge is 2.25. The lowest BCUT2D eigenvalue weighted by atomic mass is 10.0. The highest BCUT2D eigenvalue weighted by atomic mass is 32.1. The lowest BCUT2D eigenvalue weighted by molar-refractivity contribution is -0.140. The Labute approximate surface area is 123 Å². The van der Waals surface area contributed by atoms with Gasteiger partial charge in [-0.3, -0.25) is 0 Å². The Morgan fingerprint density at radius 2 is 1.80 bits per heavy atom. The lowest BCUT2D eigenvalue weighted by Crippen LogP contribution is -2.49. The van der Waals surface area contributed by atoms with E-state index in [2.05, 4.69) is 10.6 Å². The number of carbonyl (C=O) groups excluding carboxylic acids is 1. The number of carboxylic acids is 1. The van der Waals surface area contributed by atoms with Crippen molar-refractivity contribution >= 4 is 23.3 Å². The van der Waals surface area contributed by atoms with E-state index in [1.165, 1.54) is 0 Å². The Hall–Kier alpha value is -1.56. The van der Waals surface area contributed by atoms with Crippen LogP contribution in [-0.4, -0.2) is 23.1 Å². The highest BCUT2D eigenvalue weighted by molar-refractivity contribution is 7.10. The molecule has 0 saturated heterocycles. The lowest BCUT2D eigenvalue weighted by Gasteiger charge is -2.24. The van der Waals surface area contributed by atoms with Gasteiger partial charge in [0.25, 0.3) is 0 Å². The van der Waals surface area contributed by atoms with Gasteiger partial charge in [-0.1, -0.05) is 33.8 Å². The number of aliphatic carboxylic acids is 1. The maximum absolute atomic E-state index is 12.0. The number of urea groups is 1. The highest BCUT2D eigenvalue weighted by Crippen LogP contribution is 2.25. The summed E-state index contributed by atoms with van der Waals surface area (Å²) in [5.74, 6) is -0.966. The average Bonchev–Trinajstić information content (AvgIpc) is 2.85. The topological polar surface area (TPSA) is 78.4 Å². The zero-order chi connectivity index (χ0) is 15.3. The van der Waals surface area contributed by atoms with Crippen LogP contribution in [0.25, 0.3) is 0 Å². The van der Waals surface area contributed by atoms with E-state index in [0.717, 1.165) is 4.88 Å². The molecule has 1 unspecified atom stereocenters. The number of nitrogens with one attached hydrogen (secondary N) is 2. The van der Waals surface area contributed by atoms with Gasteiger partial charge in [-0.2, -0.15) is 0 Å². The van der Waals surface area contributed by atoms with Crippen LogP contribution in [0.2, 0.25) is 0 Å². The first kappa shape index (κ1) is 16.5. The molecule has 0 aliphatic heterocycles. The molecular formula is C14H22N2O3S. The molecule has 2 amide bonds. The van der Waals surface area contributed by atoms with Crippen molar-refractivity contribution in [3.8, 4) is 0 Å². The van der Waals surface area contributed by atoms with Crippen molar-refractivity contribution in [2.24, 2.45) is 11.8 Å². The van der Waals surface area contributed by atoms with E-state index in [9.17, 15) is 9.59 Å². The monoisotopic (exact) mass is 298 g/mol. The number of thiophene rings is 1. The Morgan fingerprint density at radius 3 is 2.20 bits per heavy atom. The Balaban J connectivity index is 2.70. The number of hydrogen-bond acceptors (Lipinski definition) is 3. The molecule has 0 aromatic carbocycles. The Bertz CT molecular complexity index is 443. The summed E-state index contributed by atoms with van der Waals surface area (Å²) < 4.78 is 0. The fraction of sp³-hybridized carbons (Fsp3) is 0.571. The molecule has 5 nitrogen and oxygen atoms in total. The van der Waals surface area contributed by atoms with Gasteiger partial charge in [0.1, 0.15) is 6.04 Å². The van der Waals surface area contributed by atoms with Crippen LogP contribution < -0.4 is 10.6 Å². The van der Waals surface area contributed by atoms with Crippen LogP contribution in [0, 0.1) is 11.8 Å². The van der Waals surface area contributed by atoms with Gasteiger partial charge in [-0.15, -0.1) is 11.3 Å². The fourth-order valence-corrected chi connectivity index (χ4v) is 2.82. The molecule has 2 atom stereocenters. The van der Waals surface area contributed by atoms with Gasteiger partial charge in [-0.25, -0.2) is 9.59 Å². The van der Waals surface area contributed by atoms with Gasteiger partial charge in [0.15, 0.2) is 0 Å². The molecular weight excluding hydrogens is 276 g/mol. The van der Waals surface area contributed by atoms with Crippen LogP contribution in [0.1, 0.15) is 38.6 Å². The van der Waals surface area contributed by atoms with E-state index < -0.39 is 18.0 Å². The third kappa shape index (κ3) is 4.52. The minimum absolute atomic E-state index is 0.114. The molecule has 6 heteroatoms. The van der Waals surface area contributed by atoms with Crippen molar-refractivity contribution in [3.63, 3.8) is 0 Å². The van der Waals surface area contributed by atoms with Crippen LogP contribution >= 0.6 is 11.3 Å². The predicted octanol–water partition coefficient (Wildman–Crippen LogP) is 2.85. The number of rotatable bonds is 6. The van der Waals surface area contributed by atoms with Crippen LogP contribution in [0.5, 0.6) is 0 Å². The minimum atomic E-state index is -1.02. The minimum Gasteiger partial charge on any atom is -0.480 e. The van der Waals surface area contributed by atoms with E-state index in [-0.39, 0.29) is 17.9 Å². The molecule has 1 rings (SSSR count). The average molecular weight is 298 g/mol. The number of carbonyl (C=O) groups is 2. The molecule has 1 aromatic heterocycles. The summed E-state index contributed by atoms with van der Waals surface area (Å²) in [7, 11) is 0. The Kier molecular flexibility index (Phi) is 6.01. The van der Waals surface area contributed by atoms with Crippen LogP contribution in [0.4, 0.5) is 4.79 Å². The fourth-order valence-electron chi connectivity index (χ4n) is 1.87. The third-order valence-corrected chi connectivity index (χ3v) is 3.98. The first-order chi connectivity index (χ1) is 9.32. The normalized spacial score (nSPS) is 14.1. The van der Waals surface area contributed by atoms with E-state index in [4.69, 9.17) is 5.11 Å². The van der Waals surface area contributed by atoms with Crippen molar-refractivity contribution in [1.29, 1.82) is 0 Å². The maximum Gasteiger partial charge on any atom is 0.326 e. The first-order valence-electron chi connectivity index (χ1n) is 6.66. The van der Waals surface area contributed by atoms with E-state index in [0.29, 0.717) is 0 Å². The van der Waals surface area contributed by atoms with E-state index in [1.807, 2.05) is 31.4 Å². The van der Waals surface area contributed by atoms with E-state index in [1.54, 1.807) is 25.2 Å². The van der Waals surface area contributed by atoms with Gasteiger partial charge < -0.3 is 15.7 Å². The zero-order valence-electron chi connectivity index (χ0n) is 12.2. The molecule has 0 fully saturated rings. The first-order valence-corrected chi connectivity index (χ1v) is 7.54. The van der Waals surface area contributed by atoms with Gasteiger partial charge in [0, 0.05) is 4.88 Å². The van der Waals surface area contributed by atoms with Crippen molar-refractivity contribution < 1.29 is 14.7 Å². The molecule has 1 heterocycles. The van der Waals surface area contributed by atoms with Crippen molar-refractivity contribution in [1.82, 2.24) is 10.6 Å². The summed E-state index contributed by atoms with van der Waals surface area (Å²) in [6.07, 6.45) is 0. The summed E-state index contributed by atoms with van der Waals surface area (Å²) in [6.45, 7) is 7.56. The third-order valence-electron chi connectivity index (χ3n) is 3.02. The quantitative estimate of drug-likeness (QED) is 0.755. The SMILES string of the molecule is CC(C)C(NC(=O)N[C@@H](C(=O)O)C(C)C)c1cccs1. The summed E-state index contributed by atoms with van der Waals surface area (Å²) >= 11 is 1.57. The second kappa shape index (κ2) is 7.28. The van der Waals surface area contributed by atoms with Crippen LogP contribution in [0.3, 0.4) is 0 Å². The zero-order valence-corrected chi connectivity index (χ0v) is 13.0. The summed E-state index contributed by atoms with van der Waals surface area (Å²) in [4.78, 5) is 24.1. The van der Waals surface area contributed by atoms with Crippen LogP contribution in [0.15, 0.2) is 17.5 Å². The van der Waals surface area contributed by atoms with Crippen molar-refractivity contribution in [2.45, 2.75) is 39.8 Å². The molecule has 20 heavy (non-hydrogen) atoms. The van der Waals surface area contributed by atoms with Gasteiger partial charge in [0.2, 0.25) is 0 Å². The second-order valence-electron chi connectivity index (χ2n) is 5.41. The molecule has 112 valence electrons. The van der Waals surface area contributed by atoms with Crippen LogP contribution in [-0.2, 0) is 4.79 Å². The van der Waals surface area contributed by atoms with Gasteiger partial charge >= 0.3 is 12.0 Å². The molecule has 1 aromatic rings. The standard InChI is InChI=1S/C14H22N2O3S/c1-8(2)11(10-6-5-7-20-10)15-14(19)16-12(9(3)4)13(17)18/h5-9,11-12H,1-4H3,(H,17,18)(H2,15,16,19)/t11?,12-/m1/s1. The molecule has 3 N–H and O–H groups in total. The summed E-state index contributed by atoms with van der Waals surface area (Å²) in [5, 5.41) is 16.4. The number of carboxylic acid groups (broad SMARTS) is 1. The van der Waals surface area contributed by atoms with Crippen molar-refractivity contribution in [2.75, 3.05) is 0 Å². The predicted molar refractivity (Wildman–Crippen MR) is 79.8 cm³/mol. The summed E-state index contributed by atoms with van der Waals surface area (Å²) in [6, 6.07) is 2.46. The number of hydrogen-bond donors (Lipinski definition) is 3. The number of amides is 2. The van der Waals surface area contributed by atoms with Crippen molar-refractivity contribution in [3.05, 3.63) is 22.4 Å². The van der Waals surface area contributed by atoms with Gasteiger partial charge in [0.05, 0.1) is 6.04 Å². The molecule has 0 saturated carbocycles. The molecule has 0 spiro atoms. The second-order valence-corrected chi connectivity index (χ2v) is 6.39. The summed E-state index contributed by atoms with van der Waals surface area (Å²) in [5.41, 5.74) is 0. The molecule has 0 bridgehead atoms. The molecule has 0 aliphatic carbocycles. The Morgan fingerprint density at radius 1 is 1.15 bits per heavy atom. The van der Waals surface area contributed by atoms with E-state index >= 15 is 0 Å². The molecule has 0 aliphatic rings.